The van der Waals surface area contributed by atoms with E-state index in [0.717, 1.165) is 12.3 Å². The normalized spacial score (nSPS) is 11.3. The van der Waals surface area contributed by atoms with Crippen LogP contribution in [0, 0.1) is 5.82 Å². The zero-order valence-corrected chi connectivity index (χ0v) is 14.2. The van der Waals surface area contributed by atoms with Crippen molar-refractivity contribution in [3.8, 4) is 0 Å². The van der Waals surface area contributed by atoms with Gasteiger partial charge in [-0.2, -0.15) is 0 Å². The number of halogens is 3. The Balaban J connectivity index is 2.25. The molecule has 0 N–H and O–H groups in total. The highest BCUT2D eigenvalue weighted by Crippen LogP contribution is 2.24. The molecule has 0 spiro atoms. The molecule has 0 aliphatic rings. The molecule has 4 nitrogen and oxygen atoms in total. The van der Waals surface area contributed by atoms with E-state index in [1.54, 1.807) is 0 Å². The Labute approximate surface area is 142 Å². The van der Waals surface area contributed by atoms with Crippen molar-refractivity contribution in [2.24, 2.45) is 0 Å². The van der Waals surface area contributed by atoms with Crippen molar-refractivity contribution in [1.82, 2.24) is 0 Å². The molecule has 0 aliphatic heterocycles. The van der Waals surface area contributed by atoms with Gasteiger partial charge in [0.25, 0.3) is 0 Å². The lowest BCUT2D eigenvalue weighted by atomic mass is 10.2. The van der Waals surface area contributed by atoms with Crippen LogP contribution in [0.4, 0.5) is 4.39 Å². The molecule has 0 bridgehead atoms. The Morgan fingerprint density at radius 2 is 1.87 bits per heavy atom. The first-order chi connectivity index (χ1) is 10.7. The molecule has 0 aliphatic carbocycles. The van der Waals surface area contributed by atoms with Gasteiger partial charge in [0, 0.05) is 11.8 Å². The molecule has 8 heteroatoms. The first-order valence-corrected chi connectivity index (χ1v) is 8.94. The second-order valence-electron chi connectivity index (χ2n) is 4.69. The largest absolute Gasteiger partial charge is 0.457 e. The van der Waals surface area contributed by atoms with Crippen molar-refractivity contribution in [2.45, 2.75) is 11.5 Å². The third-order valence-corrected chi connectivity index (χ3v) is 4.79. The molecular formula is C15H11Cl2FO4S. The van der Waals surface area contributed by atoms with E-state index in [-0.39, 0.29) is 26.1 Å². The van der Waals surface area contributed by atoms with Crippen molar-refractivity contribution in [3.05, 3.63) is 63.4 Å². The quantitative estimate of drug-likeness (QED) is 0.759. The first-order valence-electron chi connectivity index (χ1n) is 6.30. The number of sulfone groups is 1. The molecule has 0 heterocycles. The number of carbonyl (C=O) groups excluding carboxylic acids is 1. The Bertz CT molecular complexity index is 846. The minimum Gasteiger partial charge on any atom is -0.457 e. The number of hydrogen-bond acceptors (Lipinski definition) is 4. The van der Waals surface area contributed by atoms with Crippen LogP contribution in [0.15, 0.2) is 41.3 Å². The standard InChI is InChI=1S/C15H11Cl2FO4S/c1-23(20,21)9-5-6-13(17)10(7-9)15(19)22-8-11-12(16)3-2-4-14(11)18/h2-7H,8H2,1H3. The predicted molar refractivity (Wildman–Crippen MR) is 85.1 cm³/mol. The molecule has 23 heavy (non-hydrogen) atoms. The summed E-state index contributed by atoms with van der Waals surface area (Å²) in [7, 11) is -3.50. The highest BCUT2D eigenvalue weighted by atomic mass is 35.5. The van der Waals surface area contributed by atoms with Gasteiger partial charge in [0.05, 0.1) is 20.5 Å². The van der Waals surface area contributed by atoms with Gasteiger partial charge < -0.3 is 4.74 Å². The molecule has 0 fully saturated rings. The molecule has 2 aromatic carbocycles. The number of esters is 1. The highest BCUT2D eigenvalue weighted by Gasteiger charge is 2.18. The van der Waals surface area contributed by atoms with Crippen molar-refractivity contribution >= 4 is 39.0 Å². The molecule has 0 saturated carbocycles. The Morgan fingerprint density at radius 1 is 1.17 bits per heavy atom. The van der Waals surface area contributed by atoms with Crippen LogP contribution < -0.4 is 0 Å². The number of hydrogen-bond donors (Lipinski definition) is 0. The molecule has 0 unspecified atom stereocenters. The van der Waals surface area contributed by atoms with Crippen molar-refractivity contribution in [1.29, 1.82) is 0 Å². The zero-order valence-electron chi connectivity index (χ0n) is 11.8. The molecule has 0 aromatic heterocycles. The molecule has 122 valence electrons. The number of carbonyl (C=O) groups is 1. The van der Waals surface area contributed by atoms with Gasteiger partial charge in [0.15, 0.2) is 9.84 Å². The fourth-order valence-corrected chi connectivity index (χ4v) is 2.84. The fraction of sp³-hybridized carbons (Fsp3) is 0.133. The highest BCUT2D eigenvalue weighted by molar-refractivity contribution is 7.90. The summed E-state index contributed by atoms with van der Waals surface area (Å²) >= 11 is 11.7. The van der Waals surface area contributed by atoms with Crippen LogP contribution >= 0.6 is 23.2 Å². The van der Waals surface area contributed by atoms with Crippen LogP contribution in [-0.4, -0.2) is 20.6 Å². The molecule has 0 saturated heterocycles. The van der Waals surface area contributed by atoms with Gasteiger partial charge >= 0.3 is 5.97 Å². The average molecular weight is 377 g/mol. The predicted octanol–water partition coefficient (Wildman–Crippen LogP) is 3.89. The van der Waals surface area contributed by atoms with E-state index in [2.05, 4.69) is 0 Å². The maximum absolute atomic E-state index is 13.6. The summed E-state index contributed by atoms with van der Waals surface area (Å²) in [6.45, 7) is -0.399. The van der Waals surface area contributed by atoms with Crippen LogP contribution in [0.5, 0.6) is 0 Å². The van der Waals surface area contributed by atoms with Crippen LogP contribution in [-0.2, 0) is 21.2 Å². The van der Waals surface area contributed by atoms with Crippen LogP contribution in [0.2, 0.25) is 10.0 Å². The average Bonchev–Trinajstić information content (AvgIpc) is 2.45. The van der Waals surface area contributed by atoms with Crippen LogP contribution in [0.1, 0.15) is 15.9 Å². The van der Waals surface area contributed by atoms with Crippen LogP contribution in [0.25, 0.3) is 0 Å². The maximum atomic E-state index is 13.6. The van der Waals surface area contributed by atoms with E-state index in [1.165, 1.54) is 30.3 Å². The van der Waals surface area contributed by atoms with Gasteiger partial charge in [-0.1, -0.05) is 29.3 Å². The summed E-state index contributed by atoms with van der Waals surface area (Å²) in [6, 6.07) is 7.75. The Kier molecular flexibility index (Phi) is 5.29. The number of benzene rings is 2. The minimum absolute atomic E-state index is 0.0258. The van der Waals surface area contributed by atoms with Gasteiger partial charge in [-0.05, 0) is 30.3 Å². The second kappa shape index (κ2) is 6.86. The van der Waals surface area contributed by atoms with Crippen molar-refractivity contribution in [3.63, 3.8) is 0 Å². The van der Waals surface area contributed by atoms with Crippen molar-refractivity contribution in [2.75, 3.05) is 6.26 Å². The lowest BCUT2D eigenvalue weighted by molar-refractivity contribution is 0.0469. The fourth-order valence-electron chi connectivity index (χ4n) is 1.78. The third-order valence-electron chi connectivity index (χ3n) is 3.00. The van der Waals surface area contributed by atoms with E-state index in [4.69, 9.17) is 27.9 Å². The summed E-state index contributed by atoms with van der Waals surface area (Å²) in [5, 5.41) is 0.149. The van der Waals surface area contributed by atoms with E-state index >= 15 is 0 Å². The van der Waals surface area contributed by atoms with Gasteiger partial charge in [-0.3, -0.25) is 0 Å². The van der Waals surface area contributed by atoms with Gasteiger partial charge in [0.1, 0.15) is 12.4 Å². The molecule has 0 radical (unpaired) electrons. The summed E-state index contributed by atoms with van der Waals surface area (Å²) in [4.78, 5) is 12.0. The topological polar surface area (TPSA) is 60.4 Å². The molecule has 0 atom stereocenters. The maximum Gasteiger partial charge on any atom is 0.340 e. The third kappa shape index (κ3) is 4.22. The minimum atomic E-state index is -3.50. The summed E-state index contributed by atoms with van der Waals surface area (Å²) < 4.78 is 41.7. The second-order valence-corrected chi connectivity index (χ2v) is 7.52. The Hall–Kier alpha value is -1.63. The van der Waals surface area contributed by atoms with Gasteiger partial charge in [-0.15, -0.1) is 0 Å². The van der Waals surface area contributed by atoms with Gasteiger partial charge in [0.2, 0.25) is 0 Å². The molecule has 2 rings (SSSR count). The first kappa shape index (κ1) is 17.7. The van der Waals surface area contributed by atoms with E-state index in [1.807, 2.05) is 0 Å². The summed E-state index contributed by atoms with van der Waals surface area (Å²) in [5.41, 5.74) is -0.0973. The lowest BCUT2D eigenvalue weighted by Crippen LogP contribution is -2.09. The van der Waals surface area contributed by atoms with Crippen molar-refractivity contribution < 1.29 is 22.3 Å². The smallest absolute Gasteiger partial charge is 0.340 e. The number of rotatable bonds is 4. The molecule has 2 aromatic rings. The van der Waals surface area contributed by atoms with Gasteiger partial charge in [-0.25, -0.2) is 17.6 Å². The number of ether oxygens (including phenoxy) is 1. The van der Waals surface area contributed by atoms with E-state index < -0.39 is 28.2 Å². The Morgan fingerprint density at radius 3 is 2.48 bits per heavy atom. The summed E-state index contributed by atoms with van der Waals surface area (Å²) in [6.07, 6.45) is 1.00. The van der Waals surface area contributed by atoms with Crippen LogP contribution in [0.3, 0.4) is 0 Å². The summed E-state index contributed by atoms with van der Waals surface area (Å²) in [5.74, 6) is -1.49. The molecule has 0 amide bonds. The molecular weight excluding hydrogens is 366 g/mol. The lowest BCUT2D eigenvalue weighted by Gasteiger charge is -2.09. The van der Waals surface area contributed by atoms with E-state index in [0.29, 0.717) is 0 Å². The van der Waals surface area contributed by atoms with E-state index in [9.17, 15) is 17.6 Å². The SMILES string of the molecule is CS(=O)(=O)c1ccc(Cl)c(C(=O)OCc2c(F)cccc2Cl)c1. The zero-order chi connectivity index (χ0) is 17.2. The monoisotopic (exact) mass is 376 g/mol.